The predicted octanol–water partition coefficient (Wildman–Crippen LogP) is 2.37. The van der Waals surface area contributed by atoms with Crippen LogP contribution in [0.2, 0.25) is 0 Å². The molecule has 1 nitrogen and oxygen atoms in total. The van der Waals surface area contributed by atoms with Crippen molar-refractivity contribution in [2.45, 2.75) is 39.2 Å². The van der Waals surface area contributed by atoms with Gasteiger partial charge in [0, 0.05) is 6.97 Å². The summed E-state index contributed by atoms with van der Waals surface area (Å²) in [5.41, 5.74) is 0.429. The second-order valence-corrected chi connectivity index (χ2v) is 4.12. The molecular weight excluding hydrogens is 122 g/mol. The average Bonchev–Trinajstić information content (AvgIpc) is 1.84. The maximum absolute atomic E-state index is 2.47. The lowest BCUT2D eigenvalue weighted by Gasteiger charge is -2.44. The van der Waals surface area contributed by atoms with Crippen molar-refractivity contribution < 1.29 is 1.43 Å². The van der Waals surface area contributed by atoms with Gasteiger partial charge in [0.2, 0.25) is 0 Å². The van der Waals surface area contributed by atoms with Gasteiger partial charge in [-0.15, -0.1) is 0 Å². The largest absolute Gasteiger partial charge is 0.301 e. The van der Waals surface area contributed by atoms with E-state index in [4.69, 9.17) is 0 Å². The second-order valence-electron chi connectivity index (χ2n) is 4.12. The van der Waals surface area contributed by atoms with Gasteiger partial charge in [-0.25, -0.2) is 0 Å². The van der Waals surface area contributed by atoms with Gasteiger partial charge >= 0.3 is 0 Å². The van der Waals surface area contributed by atoms with Crippen LogP contribution in [0.5, 0.6) is 0 Å². The first-order valence-corrected chi connectivity index (χ1v) is 4.26. The Morgan fingerprint density at radius 2 is 2.10 bits per heavy atom. The lowest BCUT2D eigenvalue weighted by Crippen LogP contribution is -2.49. The van der Waals surface area contributed by atoms with E-state index in [1.807, 2.05) is 0 Å². The van der Waals surface area contributed by atoms with Gasteiger partial charge in [0.1, 0.15) is 0 Å². The summed E-state index contributed by atoms with van der Waals surface area (Å²) in [4.78, 5) is 2.47. The molecule has 0 spiro atoms. The minimum Gasteiger partial charge on any atom is -0.301 e. The summed E-state index contributed by atoms with van der Waals surface area (Å²) in [5.74, 6) is 0.853. The maximum atomic E-state index is 2.47. The van der Waals surface area contributed by atoms with E-state index >= 15 is 0 Å². The molecule has 0 aromatic carbocycles. The summed E-state index contributed by atoms with van der Waals surface area (Å²) in [6.45, 7) is 8.32. The van der Waals surface area contributed by atoms with Gasteiger partial charge in [0.15, 0.2) is 0 Å². The molecule has 1 aliphatic rings. The van der Waals surface area contributed by atoms with Gasteiger partial charge in [0.05, 0.1) is 0 Å². The van der Waals surface area contributed by atoms with Crippen LogP contribution in [0.1, 0.15) is 35.0 Å². The molecule has 0 saturated carbocycles. The Hall–Kier alpha value is -0.0400. The van der Waals surface area contributed by atoms with Gasteiger partial charge in [-0.3, -0.25) is 0 Å². The van der Waals surface area contributed by atoms with Crippen LogP contribution in [0.4, 0.5) is 0 Å². The molecule has 1 atom stereocenters. The Morgan fingerprint density at radius 3 is 2.50 bits per heavy atom. The average molecular weight is 143 g/mol. The number of hydrogen-bond donors (Lipinski definition) is 0. The van der Waals surface area contributed by atoms with Crippen molar-refractivity contribution in [2.75, 3.05) is 13.6 Å². The number of nitrogens with zero attached hydrogens (tertiary/aromatic N) is 1. The first-order valence-electron chi connectivity index (χ1n) is 4.26. The number of piperidine rings is 1. The summed E-state index contributed by atoms with van der Waals surface area (Å²) in [6.07, 6.45) is 2.78. The van der Waals surface area contributed by atoms with E-state index in [1.54, 1.807) is 0 Å². The zero-order chi connectivity index (χ0) is 7.78. The quantitative estimate of drug-likeness (QED) is 0.503. The monoisotopic (exact) mass is 143 g/mol. The summed E-state index contributed by atoms with van der Waals surface area (Å²) < 4.78 is 0. The summed E-state index contributed by atoms with van der Waals surface area (Å²) in [5, 5.41) is 0. The molecule has 0 N–H and O–H groups in total. The highest BCUT2D eigenvalue weighted by Gasteiger charge is 2.32. The summed E-state index contributed by atoms with van der Waals surface area (Å²) in [7, 11) is 2.23. The molecule has 10 heavy (non-hydrogen) atoms. The topological polar surface area (TPSA) is 3.24 Å². The Labute approximate surface area is 65.9 Å². The van der Waals surface area contributed by atoms with Crippen molar-refractivity contribution in [1.82, 2.24) is 4.90 Å². The highest BCUT2D eigenvalue weighted by atomic mass is 15.2. The molecule has 0 bridgehead atoms. The van der Waals surface area contributed by atoms with Crippen molar-refractivity contribution >= 4 is 0 Å². The first kappa shape index (κ1) is 8.06. The van der Waals surface area contributed by atoms with E-state index in [0.717, 1.165) is 5.92 Å². The van der Waals surface area contributed by atoms with Crippen molar-refractivity contribution in [3.05, 3.63) is 0 Å². The molecular formula is C9H21N. The maximum Gasteiger partial charge on any atom is 0.0175 e. The molecule has 0 aromatic heterocycles. The standard InChI is InChI=1S/C9H19N.H2/c1-8-6-5-7-10(4)9(8,2)3;/h8H,5-7H2,1-4H3;1H. The fraction of sp³-hybridized carbons (Fsp3) is 1.00. The van der Waals surface area contributed by atoms with E-state index in [-0.39, 0.29) is 1.43 Å². The molecule has 1 unspecified atom stereocenters. The molecule has 1 heterocycles. The Bertz CT molecular complexity index is 111. The number of hydrogen-bond acceptors (Lipinski definition) is 1. The highest BCUT2D eigenvalue weighted by Crippen LogP contribution is 2.30. The van der Waals surface area contributed by atoms with E-state index in [1.165, 1.54) is 19.4 Å². The van der Waals surface area contributed by atoms with Crippen LogP contribution in [0.25, 0.3) is 0 Å². The third-order valence-electron chi connectivity index (χ3n) is 3.32. The molecule has 1 fully saturated rings. The zero-order valence-electron chi connectivity index (χ0n) is 7.65. The van der Waals surface area contributed by atoms with Crippen LogP contribution in [-0.2, 0) is 0 Å². The predicted molar refractivity (Wildman–Crippen MR) is 47.2 cm³/mol. The molecule has 62 valence electrons. The van der Waals surface area contributed by atoms with Crippen LogP contribution in [0.15, 0.2) is 0 Å². The van der Waals surface area contributed by atoms with E-state index in [0.29, 0.717) is 5.54 Å². The molecule has 0 amide bonds. The van der Waals surface area contributed by atoms with Crippen molar-refractivity contribution in [3.63, 3.8) is 0 Å². The second kappa shape index (κ2) is 2.54. The fourth-order valence-corrected chi connectivity index (χ4v) is 1.65. The molecule has 1 aliphatic heterocycles. The normalized spacial score (nSPS) is 34.2. The molecule has 0 aliphatic carbocycles. The smallest absolute Gasteiger partial charge is 0.0175 e. The first-order chi connectivity index (χ1) is 4.55. The van der Waals surface area contributed by atoms with E-state index in [9.17, 15) is 0 Å². The fourth-order valence-electron chi connectivity index (χ4n) is 1.65. The van der Waals surface area contributed by atoms with Crippen molar-refractivity contribution in [2.24, 2.45) is 5.92 Å². The zero-order valence-corrected chi connectivity index (χ0v) is 7.65. The van der Waals surface area contributed by atoms with Gasteiger partial charge < -0.3 is 4.90 Å². The lowest BCUT2D eigenvalue weighted by molar-refractivity contribution is 0.0547. The van der Waals surface area contributed by atoms with Gasteiger partial charge in [-0.1, -0.05) is 6.92 Å². The third-order valence-corrected chi connectivity index (χ3v) is 3.32. The SMILES string of the molecule is CC1CCCN(C)C1(C)C.[HH]. The lowest BCUT2D eigenvalue weighted by atomic mass is 9.81. The van der Waals surface area contributed by atoms with Crippen LogP contribution < -0.4 is 0 Å². The Morgan fingerprint density at radius 1 is 1.50 bits per heavy atom. The third kappa shape index (κ3) is 1.20. The molecule has 1 rings (SSSR count). The highest BCUT2D eigenvalue weighted by molar-refractivity contribution is 4.88. The van der Waals surface area contributed by atoms with Crippen LogP contribution in [0.3, 0.4) is 0 Å². The summed E-state index contributed by atoms with van der Waals surface area (Å²) >= 11 is 0. The Kier molecular flexibility index (Phi) is 2.04. The van der Waals surface area contributed by atoms with Gasteiger partial charge in [0.25, 0.3) is 0 Å². The number of likely N-dealkylation sites (tertiary alicyclic amines) is 1. The minimum absolute atomic E-state index is 0. The minimum atomic E-state index is 0. The van der Waals surface area contributed by atoms with E-state index in [2.05, 4.69) is 32.7 Å². The van der Waals surface area contributed by atoms with Crippen molar-refractivity contribution in [3.8, 4) is 0 Å². The number of rotatable bonds is 0. The molecule has 0 aromatic rings. The van der Waals surface area contributed by atoms with Gasteiger partial charge in [-0.05, 0) is 46.2 Å². The van der Waals surface area contributed by atoms with Crippen LogP contribution in [0, 0.1) is 5.92 Å². The van der Waals surface area contributed by atoms with Crippen LogP contribution in [-0.4, -0.2) is 24.0 Å². The van der Waals surface area contributed by atoms with E-state index < -0.39 is 0 Å². The van der Waals surface area contributed by atoms with Crippen LogP contribution >= 0.6 is 0 Å². The Balaban J connectivity index is 0.000001000. The molecule has 1 heteroatoms. The molecule has 1 saturated heterocycles. The van der Waals surface area contributed by atoms with Crippen molar-refractivity contribution in [1.29, 1.82) is 0 Å². The molecule has 0 radical (unpaired) electrons. The summed E-state index contributed by atoms with van der Waals surface area (Å²) in [6, 6.07) is 0. The van der Waals surface area contributed by atoms with Gasteiger partial charge in [-0.2, -0.15) is 0 Å².